The Kier molecular flexibility index (Phi) is 10.2. The lowest BCUT2D eigenvalue weighted by molar-refractivity contribution is 0.310. The molecular weight excluding hydrogens is 314 g/mol. The van der Waals surface area contributed by atoms with Gasteiger partial charge in [-0.2, -0.15) is 0 Å². The second-order valence-electron chi connectivity index (χ2n) is 5.85. The first kappa shape index (κ1) is 20.9. The highest BCUT2D eigenvalue weighted by Gasteiger charge is 2.07. The maximum Gasteiger partial charge on any atom is 0.193 e. The molecule has 0 saturated carbocycles. The Labute approximate surface area is 152 Å². The van der Waals surface area contributed by atoms with Crippen molar-refractivity contribution in [2.75, 3.05) is 40.9 Å². The molecule has 5 nitrogen and oxygen atoms in total. The van der Waals surface area contributed by atoms with Crippen LogP contribution in [-0.4, -0.2) is 51.8 Å². The van der Waals surface area contributed by atoms with Crippen molar-refractivity contribution in [2.24, 2.45) is 4.99 Å². The summed E-state index contributed by atoms with van der Waals surface area (Å²) in [5, 5.41) is 3.42. The molecule has 0 unspecified atom stereocenters. The molecule has 0 spiro atoms. The number of nitrogens with one attached hydrogen (secondary N) is 1. The first-order valence-electron chi connectivity index (χ1n) is 8.98. The summed E-state index contributed by atoms with van der Waals surface area (Å²) in [5.74, 6) is 2.53. The number of rotatable bonds is 11. The van der Waals surface area contributed by atoms with E-state index in [9.17, 15) is 0 Å². The van der Waals surface area contributed by atoms with Gasteiger partial charge >= 0.3 is 0 Å². The number of guanidine groups is 1. The molecule has 0 fully saturated rings. The van der Waals surface area contributed by atoms with Gasteiger partial charge in [-0.25, -0.2) is 0 Å². The van der Waals surface area contributed by atoms with Crippen LogP contribution in [0.2, 0.25) is 0 Å². The largest absolute Gasteiger partial charge is 0.493 e. The Morgan fingerprint density at radius 1 is 1.32 bits per heavy atom. The van der Waals surface area contributed by atoms with Crippen LogP contribution in [0, 0.1) is 0 Å². The van der Waals surface area contributed by atoms with Gasteiger partial charge in [0.05, 0.1) is 13.7 Å². The van der Waals surface area contributed by atoms with Gasteiger partial charge in [0.15, 0.2) is 17.5 Å². The molecule has 140 valence electrons. The van der Waals surface area contributed by atoms with Gasteiger partial charge < -0.3 is 19.7 Å². The maximum absolute atomic E-state index is 5.64. The Bertz CT molecular complexity index is 544. The second-order valence-corrected chi connectivity index (χ2v) is 5.85. The van der Waals surface area contributed by atoms with Crippen LogP contribution in [-0.2, 0) is 6.42 Å². The van der Waals surface area contributed by atoms with Gasteiger partial charge in [0.2, 0.25) is 0 Å². The first-order valence-corrected chi connectivity index (χ1v) is 8.98. The Hall–Kier alpha value is -2.17. The summed E-state index contributed by atoms with van der Waals surface area (Å²) in [6, 6.07) is 6.14. The molecule has 25 heavy (non-hydrogen) atoms. The molecule has 0 saturated heterocycles. The van der Waals surface area contributed by atoms with Crippen LogP contribution >= 0.6 is 0 Å². The number of aliphatic imine (C=N–C) groups is 1. The van der Waals surface area contributed by atoms with Crippen LogP contribution in [0.3, 0.4) is 0 Å². The summed E-state index contributed by atoms with van der Waals surface area (Å²) in [5.41, 5.74) is 1.25. The molecule has 0 bridgehead atoms. The number of aryl methyl sites for hydroxylation is 1. The molecule has 0 heterocycles. The summed E-state index contributed by atoms with van der Waals surface area (Å²) < 4.78 is 11.0. The summed E-state index contributed by atoms with van der Waals surface area (Å²) in [7, 11) is 5.55. The molecule has 5 heteroatoms. The fourth-order valence-corrected chi connectivity index (χ4v) is 2.60. The number of hydrogen-bond donors (Lipinski definition) is 1. The summed E-state index contributed by atoms with van der Waals surface area (Å²) in [6.07, 6.45) is 6.08. The van der Waals surface area contributed by atoms with E-state index in [1.165, 1.54) is 5.56 Å². The number of hydrogen-bond acceptors (Lipinski definition) is 3. The van der Waals surface area contributed by atoms with E-state index in [2.05, 4.69) is 41.0 Å². The molecule has 0 amide bonds. The lowest BCUT2D eigenvalue weighted by atomic mass is 10.1. The topological polar surface area (TPSA) is 46.1 Å². The standard InChI is InChI=1S/C20H33N3O2/c1-6-8-9-15-23(4)20(21-3)22-14-10-11-17-12-13-18(24-5)19(16-17)25-7-2/h6,12-13,16H,1,7-11,14-15H2,2-5H3,(H,21,22). The molecule has 1 N–H and O–H groups in total. The smallest absolute Gasteiger partial charge is 0.193 e. The zero-order valence-electron chi connectivity index (χ0n) is 16.2. The molecule has 0 atom stereocenters. The van der Waals surface area contributed by atoms with Crippen molar-refractivity contribution in [3.8, 4) is 11.5 Å². The fraction of sp³-hybridized carbons (Fsp3) is 0.550. The first-order chi connectivity index (χ1) is 12.2. The average molecular weight is 348 g/mol. The van der Waals surface area contributed by atoms with Crippen molar-refractivity contribution in [3.05, 3.63) is 36.4 Å². The molecule has 0 aliphatic heterocycles. The van der Waals surface area contributed by atoms with E-state index in [-0.39, 0.29) is 0 Å². The van der Waals surface area contributed by atoms with Gasteiger partial charge in [-0.1, -0.05) is 12.1 Å². The van der Waals surface area contributed by atoms with Gasteiger partial charge in [-0.05, 0) is 50.3 Å². The number of unbranched alkanes of at least 4 members (excludes halogenated alkanes) is 1. The number of ether oxygens (including phenoxy) is 2. The zero-order chi connectivity index (χ0) is 18.5. The van der Waals surface area contributed by atoms with E-state index in [1.54, 1.807) is 7.11 Å². The number of benzene rings is 1. The predicted molar refractivity (Wildman–Crippen MR) is 106 cm³/mol. The van der Waals surface area contributed by atoms with Crippen molar-refractivity contribution in [1.29, 1.82) is 0 Å². The fourth-order valence-electron chi connectivity index (χ4n) is 2.60. The molecule has 1 aromatic carbocycles. The summed E-state index contributed by atoms with van der Waals surface area (Å²) in [6.45, 7) is 8.23. The molecule has 0 aliphatic rings. The molecule has 1 aromatic rings. The number of nitrogens with zero attached hydrogens (tertiary/aromatic N) is 2. The van der Waals surface area contributed by atoms with E-state index in [1.807, 2.05) is 26.1 Å². The third-order valence-electron chi connectivity index (χ3n) is 3.93. The lowest BCUT2D eigenvalue weighted by Crippen LogP contribution is -2.39. The van der Waals surface area contributed by atoms with Crippen molar-refractivity contribution in [1.82, 2.24) is 10.2 Å². The van der Waals surface area contributed by atoms with Gasteiger partial charge in [0.1, 0.15) is 0 Å². The van der Waals surface area contributed by atoms with Crippen LogP contribution in [0.4, 0.5) is 0 Å². The van der Waals surface area contributed by atoms with Crippen molar-refractivity contribution < 1.29 is 9.47 Å². The third kappa shape index (κ3) is 7.50. The van der Waals surface area contributed by atoms with E-state index < -0.39 is 0 Å². The van der Waals surface area contributed by atoms with E-state index in [4.69, 9.17) is 9.47 Å². The quantitative estimate of drug-likeness (QED) is 0.288. The van der Waals surface area contributed by atoms with Crippen LogP contribution in [0.1, 0.15) is 31.7 Å². The minimum atomic E-state index is 0.635. The van der Waals surface area contributed by atoms with E-state index >= 15 is 0 Å². The summed E-state index contributed by atoms with van der Waals surface area (Å²) in [4.78, 5) is 6.50. The monoisotopic (exact) mass is 347 g/mol. The Balaban J connectivity index is 2.43. The van der Waals surface area contributed by atoms with Crippen LogP contribution in [0.5, 0.6) is 11.5 Å². The van der Waals surface area contributed by atoms with Gasteiger partial charge in [0.25, 0.3) is 0 Å². The normalized spacial score (nSPS) is 11.1. The Morgan fingerprint density at radius 3 is 2.76 bits per heavy atom. The van der Waals surface area contributed by atoms with Crippen molar-refractivity contribution >= 4 is 5.96 Å². The lowest BCUT2D eigenvalue weighted by Gasteiger charge is -2.21. The van der Waals surface area contributed by atoms with Gasteiger partial charge in [0, 0.05) is 27.2 Å². The minimum absolute atomic E-state index is 0.635. The number of methoxy groups -OCH3 is 1. The van der Waals surface area contributed by atoms with E-state index in [0.717, 1.165) is 56.2 Å². The maximum atomic E-state index is 5.64. The highest BCUT2D eigenvalue weighted by molar-refractivity contribution is 5.79. The van der Waals surface area contributed by atoms with Crippen molar-refractivity contribution in [3.63, 3.8) is 0 Å². The highest BCUT2D eigenvalue weighted by Crippen LogP contribution is 2.28. The molecule has 1 rings (SSSR count). The number of allylic oxidation sites excluding steroid dienone is 1. The van der Waals surface area contributed by atoms with Crippen LogP contribution in [0.15, 0.2) is 35.8 Å². The minimum Gasteiger partial charge on any atom is -0.493 e. The van der Waals surface area contributed by atoms with Crippen molar-refractivity contribution in [2.45, 2.75) is 32.6 Å². The molecule has 0 radical (unpaired) electrons. The molecule has 0 aliphatic carbocycles. The van der Waals surface area contributed by atoms with Crippen LogP contribution < -0.4 is 14.8 Å². The SMILES string of the molecule is C=CCCCN(C)C(=NC)NCCCc1ccc(OC)c(OCC)c1. The second kappa shape index (κ2) is 12.2. The van der Waals surface area contributed by atoms with Crippen LogP contribution in [0.25, 0.3) is 0 Å². The predicted octanol–water partition coefficient (Wildman–Crippen LogP) is 3.50. The third-order valence-corrected chi connectivity index (χ3v) is 3.93. The summed E-state index contributed by atoms with van der Waals surface area (Å²) >= 11 is 0. The van der Waals surface area contributed by atoms with Gasteiger partial charge in [-0.3, -0.25) is 4.99 Å². The van der Waals surface area contributed by atoms with Gasteiger partial charge in [-0.15, -0.1) is 6.58 Å². The zero-order valence-corrected chi connectivity index (χ0v) is 16.2. The van der Waals surface area contributed by atoms with E-state index in [0.29, 0.717) is 6.61 Å². The molecule has 0 aromatic heterocycles. The highest BCUT2D eigenvalue weighted by atomic mass is 16.5. The average Bonchev–Trinajstić information content (AvgIpc) is 2.62. The molecular formula is C20H33N3O2. The Morgan fingerprint density at radius 2 is 2.12 bits per heavy atom.